The van der Waals surface area contributed by atoms with Crippen molar-refractivity contribution in [3.8, 4) is 0 Å². The van der Waals surface area contributed by atoms with E-state index in [1.54, 1.807) is 14.0 Å². The van der Waals surface area contributed by atoms with Gasteiger partial charge in [-0.2, -0.15) is 0 Å². The molecule has 0 radical (unpaired) electrons. The molecule has 1 atom stereocenters. The maximum Gasteiger partial charge on any atom is 0.249 e. The molecule has 0 spiro atoms. The SMILES string of the molecule is CCC(F)(F)CC(C)NC. The minimum absolute atomic E-state index is 0.0694. The summed E-state index contributed by atoms with van der Waals surface area (Å²) >= 11 is 0. The predicted molar refractivity (Wildman–Crippen MR) is 38.4 cm³/mol. The number of halogens is 2. The molecule has 0 aromatic heterocycles. The molecule has 0 heterocycles. The van der Waals surface area contributed by atoms with Crippen molar-refractivity contribution in [2.24, 2.45) is 0 Å². The summed E-state index contributed by atoms with van der Waals surface area (Å²) in [5, 5.41) is 2.78. The highest BCUT2D eigenvalue weighted by atomic mass is 19.3. The lowest BCUT2D eigenvalue weighted by Gasteiger charge is -2.18. The first-order valence-corrected chi connectivity index (χ1v) is 3.57. The number of rotatable bonds is 4. The molecule has 1 nitrogen and oxygen atoms in total. The fourth-order valence-electron chi connectivity index (χ4n) is 0.694. The summed E-state index contributed by atoms with van der Waals surface area (Å²) in [7, 11) is 1.69. The molecular weight excluding hydrogens is 136 g/mol. The van der Waals surface area contributed by atoms with Crippen LogP contribution in [0.2, 0.25) is 0 Å². The Balaban J connectivity index is 3.64. The van der Waals surface area contributed by atoms with Crippen molar-refractivity contribution in [3.05, 3.63) is 0 Å². The zero-order chi connectivity index (χ0) is 8.20. The lowest BCUT2D eigenvalue weighted by molar-refractivity contribution is -0.0183. The van der Waals surface area contributed by atoms with Crippen molar-refractivity contribution in [1.29, 1.82) is 0 Å². The Labute approximate surface area is 60.8 Å². The smallest absolute Gasteiger partial charge is 0.249 e. The summed E-state index contributed by atoms with van der Waals surface area (Å²) in [6.45, 7) is 3.26. The van der Waals surface area contributed by atoms with E-state index in [2.05, 4.69) is 5.32 Å². The summed E-state index contributed by atoms with van der Waals surface area (Å²) in [6.07, 6.45) is -0.140. The molecule has 1 N–H and O–H groups in total. The van der Waals surface area contributed by atoms with Crippen molar-refractivity contribution < 1.29 is 8.78 Å². The zero-order valence-electron chi connectivity index (χ0n) is 6.75. The number of hydrogen-bond donors (Lipinski definition) is 1. The molecule has 0 saturated heterocycles. The molecule has 62 valence electrons. The van der Waals surface area contributed by atoms with Crippen LogP contribution in [0.5, 0.6) is 0 Å². The molecule has 3 heteroatoms. The largest absolute Gasteiger partial charge is 0.317 e. The summed E-state index contributed by atoms with van der Waals surface area (Å²) in [5.41, 5.74) is 0. The van der Waals surface area contributed by atoms with Gasteiger partial charge in [-0.05, 0) is 14.0 Å². The van der Waals surface area contributed by atoms with E-state index in [-0.39, 0.29) is 18.9 Å². The normalized spacial score (nSPS) is 15.3. The third-order valence-corrected chi connectivity index (χ3v) is 1.61. The average Bonchev–Trinajstić information content (AvgIpc) is 1.87. The van der Waals surface area contributed by atoms with Gasteiger partial charge in [0.2, 0.25) is 5.92 Å². The summed E-state index contributed by atoms with van der Waals surface area (Å²) in [6, 6.07) is -0.102. The molecule has 10 heavy (non-hydrogen) atoms. The Morgan fingerprint density at radius 2 is 2.00 bits per heavy atom. The van der Waals surface area contributed by atoms with E-state index in [4.69, 9.17) is 0 Å². The molecule has 0 aromatic rings. The molecule has 0 aromatic carbocycles. The molecule has 0 aliphatic heterocycles. The predicted octanol–water partition coefficient (Wildman–Crippen LogP) is 2.03. The first-order valence-electron chi connectivity index (χ1n) is 3.57. The zero-order valence-corrected chi connectivity index (χ0v) is 6.75. The van der Waals surface area contributed by atoms with Gasteiger partial charge in [0.25, 0.3) is 0 Å². The second-order valence-corrected chi connectivity index (χ2v) is 2.60. The fraction of sp³-hybridized carbons (Fsp3) is 1.00. The van der Waals surface area contributed by atoms with E-state index < -0.39 is 5.92 Å². The average molecular weight is 151 g/mol. The van der Waals surface area contributed by atoms with Gasteiger partial charge in [-0.1, -0.05) is 6.92 Å². The lowest BCUT2D eigenvalue weighted by atomic mass is 10.1. The highest BCUT2D eigenvalue weighted by Gasteiger charge is 2.27. The van der Waals surface area contributed by atoms with Gasteiger partial charge in [0.1, 0.15) is 0 Å². The van der Waals surface area contributed by atoms with Gasteiger partial charge in [0.15, 0.2) is 0 Å². The Kier molecular flexibility index (Phi) is 3.79. The lowest BCUT2D eigenvalue weighted by Crippen LogP contribution is -2.30. The van der Waals surface area contributed by atoms with Crippen LogP contribution in [0.4, 0.5) is 8.78 Å². The van der Waals surface area contributed by atoms with Crippen LogP contribution in [0.15, 0.2) is 0 Å². The Morgan fingerprint density at radius 1 is 1.50 bits per heavy atom. The summed E-state index contributed by atoms with van der Waals surface area (Å²) in [4.78, 5) is 0. The van der Waals surface area contributed by atoms with Crippen molar-refractivity contribution in [3.63, 3.8) is 0 Å². The van der Waals surface area contributed by atoms with E-state index in [9.17, 15) is 8.78 Å². The maximum atomic E-state index is 12.6. The van der Waals surface area contributed by atoms with Crippen LogP contribution in [0.25, 0.3) is 0 Å². The highest BCUT2D eigenvalue weighted by Crippen LogP contribution is 2.23. The number of alkyl halides is 2. The standard InChI is InChI=1S/C7H15F2N/c1-4-7(8,9)5-6(2)10-3/h6,10H,4-5H2,1-3H3. The molecule has 0 aliphatic carbocycles. The first-order chi connectivity index (χ1) is 4.52. The van der Waals surface area contributed by atoms with Crippen molar-refractivity contribution in [2.75, 3.05) is 7.05 Å². The van der Waals surface area contributed by atoms with Gasteiger partial charge in [-0.15, -0.1) is 0 Å². The van der Waals surface area contributed by atoms with Crippen LogP contribution < -0.4 is 5.32 Å². The second kappa shape index (κ2) is 3.86. The van der Waals surface area contributed by atoms with E-state index >= 15 is 0 Å². The van der Waals surface area contributed by atoms with E-state index in [1.807, 2.05) is 0 Å². The van der Waals surface area contributed by atoms with Crippen LogP contribution in [-0.2, 0) is 0 Å². The van der Waals surface area contributed by atoms with E-state index in [0.717, 1.165) is 0 Å². The molecular formula is C7H15F2N. The van der Waals surface area contributed by atoms with Crippen LogP contribution in [0.3, 0.4) is 0 Å². The molecule has 0 bridgehead atoms. The molecule has 0 aliphatic rings. The summed E-state index contributed by atoms with van der Waals surface area (Å²) < 4.78 is 25.1. The van der Waals surface area contributed by atoms with Crippen LogP contribution in [0.1, 0.15) is 26.7 Å². The molecule has 0 saturated carbocycles. The Morgan fingerprint density at radius 3 is 2.30 bits per heavy atom. The van der Waals surface area contributed by atoms with E-state index in [1.165, 1.54) is 6.92 Å². The van der Waals surface area contributed by atoms with Crippen LogP contribution in [0, 0.1) is 0 Å². The molecule has 0 rings (SSSR count). The topological polar surface area (TPSA) is 12.0 Å². The number of nitrogens with one attached hydrogen (secondary N) is 1. The molecule has 0 fully saturated rings. The minimum atomic E-state index is -2.50. The Hall–Kier alpha value is -0.180. The van der Waals surface area contributed by atoms with Gasteiger partial charge in [-0.25, -0.2) is 8.78 Å². The molecule has 1 unspecified atom stereocenters. The maximum absolute atomic E-state index is 12.6. The minimum Gasteiger partial charge on any atom is -0.317 e. The van der Waals surface area contributed by atoms with Gasteiger partial charge in [-0.3, -0.25) is 0 Å². The van der Waals surface area contributed by atoms with Gasteiger partial charge >= 0.3 is 0 Å². The third-order valence-electron chi connectivity index (χ3n) is 1.61. The number of hydrogen-bond acceptors (Lipinski definition) is 1. The monoisotopic (exact) mass is 151 g/mol. The Bertz CT molecular complexity index is 93.6. The quantitative estimate of drug-likeness (QED) is 0.648. The highest BCUT2D eigenvalue weighted by molar-refractivity contribution is 4.70. The van der Waals surface area contributed by atoms with Crippen molar-refractivity contribution in [1.82, 2.24) is 5.32 Å². The second-order valence-electron chi connectivity index (χ2n) is 2.60. The van der Waals surface area contributed by atoms with Crippen LogP contribution in [-0.4, -0.2) is 19.0 Å². The van der Waals surface area contributed by atoms with Crippen molar-refractivity contribution >= 4 is 0 Å². The van der Waals surface area contributed by atoms with Gasteiger partial charge in [0, 0.05) is 18.9 Å². The third kappa shape index (κ3) is 3.77. The van der Waals surface area contributed by atoms with Gasteiger partial charge < -0.3 is 5.32 Å². The van der Waals surface area contributed by atoms with E-state index in [0.29, 0.717) is 0 Å². The molecule has 0 amide bonds. The van der Waals surface area contributed by atoms with Crippen molar-refractivity contribution in [2.45, 2.75) is 38.7 Å². The first kappa shape index (κ1) is 9.82. The van der Waals surface area contributed by atoms with Gasteiger partial charge in [0.05, 0.1) is 0 Å². The summed E-state index contributed by atoms with van der Waals surface area (Å²) in [5.74, 6) is -2.50. The van der Waals surface area contributed by atoms with Crippen LogP contribution >= 0.6 is 0 Å². The fourth-order valence-corrected chi connectivity index (χ4v) is 0.694.